The van der Waals surface area contributed by atoms with Crippen molar-refractivity contribution >= 4 is 23.0 Å². The highest BCUT2D eigenvalue weighted by Crippen LogP contribution is 2.20. The smallest absolute Gasteiger partial charge is 0.270 e. The molecular formula is C20H21N3O3. The van der Waals surface area contributed by atoms with E-state index in [4.69, 9.17) is 0 Å². The fourth-order valence-electron chi connectivity index (χ4n) is 3.05. The fourth-order valence-corrected chi connectivity index (χ4v) is 3.05. The summed E-state index contributed by atoms with van der Waals surface area (Å²) in [5.74, 6) is 0.747. The molecule has 1 heterocycles. The molecule has 0 radical (unpaired) electrons. The molecule has 0 atom stereocenters. The molecule has 2 aromatic carbocycles. The van der Waals surface area contributed by atoms with E-state index in [1.807, 2.05) is 35.2 Å². The standard InChI is InChI=1S/C20H21N3O3/c24-19(16-8-7-11-18(14-16)23(25)26)15-22(17-9-3-1-4-10-17)20-12-5-2-6-13-21-20/h1,3-4,7-11,14H,2,5-6,12-13,15H2. The largest absolute Gasteiger partial charge is 0.322 e. The van der Waals surface area contributed by atoms with Gasteiger partial charge in [-0.2, -0.15) is 0 Å². The summed E-state index contributed by atoms with van der Waals surface area (Å²) in [5.41, 5.74) is 1.18. The number of non-ortho nitro benzene ring substituents is 1. The Bertz CT molecular complexity index is 818. The van der Waals surface area contributed by atoms with Gasteiger partial charge in [0.05, 0.1) is 11.5 Å². The van der Waals surface area contributed by atoms with Crippen LogP contribution in [-0.4, -0.2) is 29.6 Å². The second kappa shape index (κ2) is 8.38. The summed E-state index contributed by atoms with van der Waals surface area (Å²) in [6.45, 7) is 0.883. The number of anilines is 1. The lowest BCUT2D eigenvalue weighted by molar-refractivity contribution is -0.384. The minimum Gasteiger partial charge on any atom is -0.322 e. The van der Waals surface area contributed by atoms with E-state index in [2.05, 4.69) is 4.99 Å². The number of Topliss-reactive ketones (excluding diaryl/α,β-unsaturated/α-hetero) is 1. The van der Waals surface area contributed by atoms with E-state index in [0.29, 0.717) is 5.56 Å². The zero-order valence-corrected chi connectivity index (χ0v) is 14.5. The average Bonchev–Trinajstić information content (AvgIpc) is 2.96. The minimum absolute atomic E-state index is 0.0751. The number of hydrogen-bond donors (Lipinski definition) is 0. The monoisotopic (exact) mass is 351 g/mol. The molecule has 0 amide bonds. The van der Waals surface area contributed by atoms with Gasteiger partial charge in [0.2, 0.25) is 0 Å². The maximum absolute atomic E-state index is 12.8. The summed E-state index contributed by atoms with van der Waals surface area (Å²) in [4.78, 5) is 29.9. The number of carbonyl (C=O) groups excluding carboxylic acids is 1. The van der Waals surface area contributed by atoms with Crippen LogP contribution in [-0.2, 0) is 0 Å². The lowest BCUT2D eigenvalue weighted by atomic mass is 10.1. The lowest BCUT2D eigenvalue weighted by Gasteiger charge is -2.25. The van der Waals surface area contributed by atoms with Gasteiger partial charge in [0, 0.05) is 36.3 Å². The van der Waals surface area contributed by atoms with Crippen molar-refractivity contribution in [2.45, 2.75) is 25.7 Å². The first kappa shape index (κ1) is 17.8. The number of ketones is 1. The number of para-hydroxylation sites is 1. The van der Waals surface area contributed by atoms with Crippen LogP contribution in [0.1, 0.15) is 36.0 Å². The topological polar surface area (TPSA) is 75.8 Å². The van der Waals surface area contributed by atoms with Gasteiger partial charge in [-0.25, -0.2) is 0 Å². The number of carbonyl (C=O) groups is 1. The molecule has 1 aliphatic rings. The Morgan fingerprint density at radius 1 is 1.08 bits per heavy atom. The Labute approximate surface area is 152 Å². The summed E-state index contributed by atoms with van der Waals surface area (Å²) in [6, 6.07) is 15.6. The normalized spacial score (nSPS) is 14.2. The highest BCUT2D eigenvalue weighted by atomic mass is 16.6. The van der Waals surface area contributed by atoms with E-state index in [1.54, 1.807) is 12.1 Å². The summed E-state index contributed by atoms with van der Waals surface area (Å²) in [6.07, 6.45) is 4.07. The molecule has 0 unspecified atom stereocenters. The minimum atomic E-state index is -0.485. The van der Waals surface area contributed by atoms with Gasteiger partial charge in [0.15, 0.2) is 5.78 Å². The van der Waals surface area contributed by atoms with E-state index in [0.717, 1.165) is 43.8 Å². The average molecular weight is 351 g/mol. The highest BCUT2D eigenvalue weighted by molar-refractivity contribution is 6.07. The molecule has 2 aromatic rings. The third kappa shape index (κ3) is 4.33. The van der Waals surface area contributed by atoms with Crippen molar-refractivity contribution in [2.75, 3.05) is 18.0 Å². The summed E-state index contributed by atoms with van der Waals surface area (Å²) >= 11 is 0. The van der Waals surface area contributed by atoms with Crippen molar-refractivity contribution in [1.82, 2.24) is 0 Å². The fraction of sp³-hybridized carbons (Fsp3) is 0.300. The van der Waals surface area contributed by atoms with Gasteiger partial charge in [0.25, 0.3) is 5.69 Å². The first-order valence-corrected chi connectivity index (χ1v) is 8.79. The van der Waals surface area contributed by atoms with E-state index in [-0.39, 0.29) is 18.0 Å². The van der Waals surface area contributed by atoms with Crippen LogP contribution in [0.25, 0.3) is 0 Å². The molecule has 0 spiro atoms. The number of nitro benzene ring substituents is 1. The zero-order valence-electron chi connectivity index (χ0n) is 14.5. The number of amidine groups is 1. The van der Waals surface area contributed by atoms with Crippen LogP contribution in [0.3, 0.4) is 0 Å². The predicted octanol–water partition coefficient (Wildman–Crippen LogP) is 4.26. The van der Waals surface area contributed by atoms with Crippen LogP contribution in [0.5, 0.6) is 0 Å². The van der Waals surface area contributed by atoms with E-state index in [1.165, 1.54) is 12.1 Å². The van der Waals surface area contributed by atoms with Gasteiger partial charge in [-0.05, 0) is 25.0 Å². The van der Waals surface area contributed by atoms with Crippen LogP contribution in [0, 0.1) is 10.1 Å². The van der Waals surface area contributed by atoms with Crippen LogP contribution in [0.4, 0.5) is 11.4 Å². The third-order valence-corrected chi connectivity index (χ3v) is 4.41. The molecule has 134 valence electrons. The molecule has 0 bridgehead atoms. The maximum Gasteiger partial charge on any atom is 0.270 e. The Hall–Kier alpha value is -3.02. The van der Waals surface area contributed by atoms with Crippen LogP contribution < -0.4 is 4.90 Å². The number of rotatable bonds is 5. The highest BCUT2D eigenvalue weighted by Gasteiger charge is 2.20. The van der Waals surface area contributed by atoms with Gasteiger partial charge < -0.3 is 4.90 Å². The van der Waals surface area contributed by atoms with Crippen LogP contribution in [0.2, 0.25) is 0 Å². The van der Waals surface area contributed by atoms with Crippen LogP contribution in [0.15, 0.2) is 59.6 Å². The molecule has 0 aliphatic carbocycles. The van der Waals surface area contributed by atoms with Crippen LogP contribution >= 0.6 is 0 Å². The van der Waals surface area contributed by atoms with Gasteiger partial charge in [-0.3, -0.25) is 19.9 Å². The molecule has 0 aromatic heterocycles. The maximum atomic E-state index is 12.8. The van der Waals surface area contributed by atoms with Gasteiger partial charge in [-0.1, -0.05) is 36.8 Å². The lowest BCUT2D eigenvalue weighted by Crippen LogP contribution is -2.36. The van der Waals surface area contributed by atoms with Crippen molar-refractivity contribution in [3.63, 3.8) is 0 Å². The third-order valence-electron chi connectivity index (χ3n) is 4.41. The summed E-state index contributed by atoms with van der Waals surface area (Å²) in [5, 5.41) is 11.0. The number of hydrogen-bond acceptors (Lipinski definition) is 5. The molecule has 0 N–H and O–H groups in total. The van der Waals surface area contributed by atoms with E-state index < -0.39 is 4.92 Å². The molecule has 3 rings (SSSR count). The zero-order chi connectivity index (χ0) is 18.4. The quantitative estimate of drug-likeness (QED) is 0.458. The summed E-state index contributed by atoms with van der Waals surface area (Å²) in [7, 11) is 0. The Morgan fingerprint density at radius 3 is 2.65 bits per heavy atom. The molecule has 1 aliphatic heterocycles. The molecular weight excluding hydrogens is 330 g/mol. The Balaban J connectivity index is 1.88. The predicted molar refractivity (Wildman–Crippen MR) is 102 cm³/mol. The van der Waals surface area contributed by atoms with E-state index >= 15 is 0 Å². The number of nitrogens with zero attached hydrogens (tertiary/aromatic N) is 3. The molecule has 6 heteroatoms. The molecule has 0 fully saturated rings. The molecule has 6 nitrogen and oxygen atoms in total. The van der Waals surface area contributed by atoms with Crippen molar-refractivity contribution in [2.24, 2.45) is 4.99 Å². The SMILES string of the molecule is O=C(CN(C1=NCCCCC1)c1ccccc1)c1cccc([N+](=O)[O-])c1. The van der Waals surface area contributed by atoms with Crippen molar-refractivity contribution in [3.8, 4) is 0 Å². The second-order valence-electron chi connectivity index (χ2n) is 6.26. The van der Waals surface area contributed by atoms with E-state index in [9.17, 15) is 14.9 Å². The second-order valence-corrected chi connectivity index (χ2v) is 6.26. The molecule has 0 saturated heterocycles. The molecule has 26 heavy (non-hydrogen) atoms. The first-order chi connectivity index (χ1) is 12.6. The number of aliphatic imine (C=N–C) groups is 1. The van der Waals surface area contributed by atoms with Crippen molar-refractivity contribution in [1.29, 1.82) is 0 Å². The van der Waals surface area contributed by atoms with Crippen molar-refractivity contribution in [3.05, 3.63) is 70.3 Å². The summed E-state index contributed by atoms with van der Waals surface area (Å²) < 4.78 is 0. The first-order valence-electron chi connectivity index (χ1n) is 8.79. The molecule has 0 saturated carbocycles. The van der Waals surface area contributed by atoms with Gasteiger partial charge >= 0.3 is 0 Å². The van der Waals surface area contributed by atoms with Gasteiger partial charge in [0.1, 0.15) is 5.84 Å². The number of benzene rings is 2. The van der Waals surface area contributed by atoms with Gasteiger partial charge in [-0.15, -0.1) is 0 Å². The Kier molecular flexibility index (Phi) is 5.73. The number of nitro groups is 1. The van der Waals surface area contributed by atoms with Crippen molar-refractivity contribution < 1.29 is 9.72 Å². The Morgan fingerprint density at radius 2 is 1.88 bits per heavy atom.